The van der Waals surface area contributed by atoms with Crippen molar-refractivity contribution in [3.63, 3.8) is 0 Å². The molecule has 0 unspecified atom stereocenters. The maximum absolute atomic E-state index is 5.46. The number of nitrogens with zero attached hydrogens (tertiary/aromatic N) is 3. The van der Waals surface area contributed by atoms with Gasteiger partial charge in [0.05, 0.1) is 5.69 Å². The third-order valence-corrected chi connectivity index (χ3v) is 3.32. The number of rotatable bonds is 5. The molecule has 2 N–H and O–H groups in total. The van der Waals surface area contributed by atoms with Crippen LogP contribution in [0.4, 0.5) is 5.82 Å². The van der Waals surface area contributed by atoms with Crippen molar-refractivity contribution in [2.75, 3.05) is 11.9 Å². The van der Waals surface area contributed by atoms with Crippen molar-refractivity contribution in [3.8, 4) is 0 Å². The van der Waals surface area contributed by atoms with E-state index in [2.05, 4.69) is 27.9 Å². The average Bonchev–Trinajstić information content (AvgIpc) is 2.52. The van der Waals surface area contributed by atoms with Crippen molar-refractivity contribution in [1.29, 1.82) is 0 Å². The van der Waals surface area contributed by atoms with Crippen molar-refractivity contribution in [2.24, 2.45) is 5.73 Å². The second kappa shape index (κ2) is 7.41. The minimum atomic E-state index is 0.840. The molecule has 4 heteroatoms. The fourth-order valence-corrected chi connectivity index (χ4v) is 2.28. The highest BCUT2D eigenvalue weighted by atomic mass is 15.2. The van der Waals surface area contributed by atoms with Crippen molar-refractivity contribution < 1.29 is 0 Å². The Balaban J connectivity index is 2.42. The van der Waals surface area contributed by atoms with Gasteiger partial charge in [-0.05, 0) is 49.9 Å². The van der Waals surface area contributed by atoms with E-state index in [1.165, 1.54) is 6.20 Å². The van der Waals surface area contributed by atoms with E-state index in [9.17, 15) is 0 Å². The number of aryl methyl sites for hydroxylation is 1. The van der Waals surface area contributed by atoms with Gasteiger partial charge in [0.2, 0.25) is 0 Å². The fraction of sp³-hybridized carbons (Fsp3) is 0.222. The molecular formula is C18H22N4. The van der Waals surface area contributed by atoms with Crippen LogP contribution in [0.1, 0.15) is 30.3 Å². The molecule has 2 aromatic rings. The van der Waals surface area contributed by atoms with E-state index in [4.69, 9.17) is 5.73 Å². The number of aromatic nitrogens is 2. The summed E-state index contributed by atoms with van der Waals surface area (Å²) in [6.07, 6.45) is 8.22. The van der Waals surface area contributed by atoms with Gasteiger partial charge in [-0.3, -0.25) is 4.98 Å². The van der Waals surface area contributed by atoms with Crippen molar-refractivity contribution in [1.82, 2.24) is 9.97 Å². The van der Waals surface area contributed by atoms with E-state index in [0.29, 0.717) is 0 Å². The zero-order chi connectivity index (χ0) is 15.9. The molecule has 114 valence electrons. The summed E-state index contributed by atoms with van der Waals surface area (Å²) in [5.41, 5.74) is 9.50. The molecular weight excluding hydrogens is 272 g/mol. The smallest absolute Gasteiger partial charge is 0.132 e. The van der Waals surface area contributed by atoms with E-state index >= 15 is 0 Å². The molecule has 0 aliphatic carbocycles. The first kappa shape index (κ1) is 15.8. The van der Waals surface area contributed by atoms with Gasteiger partial charge in [0.1, 0.15) is 5.82 Å². The Labute approximate surface area is 132 Å². The quantitative estimate of drug-likeness (QED) is 0.915. The van der Waals surface area contributed by atoms with Crippen LogP contribution < -0.4 is 10.6 Å². The molecule has 4 nitrogen and oxygen atoms in total. The normalized spacial score (nSPS) is 11.9. The van der Waals surface area contributed by atoms with Gasteiger partial charge in [0.25, 0.3) is 0 Å². The monoisotopic (exact) mass is 294 g/mol. The summed E-state index contributed by atoms with van der Waals surface area (Å²) in [5.74, 6) is 0.924. The van der Waals surface area contributed by atoms with Crippen LogP contribution in [0.15, 0.2) is 48.8 Å². The summed E-state index contributed by atoms with van der Waals surface area (Å²) in [7, 11) is 2.03. The molecule has 0 saturated carbocycles. The molecule has 2 aromatic heterocycles. The van der Waals surface area contributed by atoms with Crippen LogP contribution in [0.5, 0.6) is 0 Å². The van der Waals surface area contributed by atoms with Gasteiger partial charge in [-0.2, -0.15) is 0 Å². The Bertz CT molecular complexity index is 689. The van der Waals surface area contributed by atoms with Gasteiger partial charge >= 0.3 is 0 Å². The highest BCUT2D eigenvalue weighted by Crippen LogP contribution is 2.24. The highest BCUT2D eigenvalue weighted by Gasteiger charge is 2.11. The van der Waals surface area contributed by atoms with Crippen molar-refractivity contribution in [2.45, 2.75) is 20.3 Å². The first-order valence-corrected chi connectivity index (χ1v) is 7.38. The Kier molecular flexibility index (Phi) is 5.31. The number of hydrogen-bond acceptors (Lipinski definition) is 4. The minimum Gasteiger partial charge on any atom is -0.405 e. The third kappa shape index (κ3) is 3.73. The van der Waals surface area contributed by atoms with Gasteiger partial charge < -0.3 is 10.6 Å². The molecule has 2 heterocycles. The van der Waals surface area contributed by atoms with Crippen molar-refractivity contribution in [3.05, 3.63) is 65.8 Å². The number of nitrogens with two attached hydrogens (primary N) is 1. The van der Waals surface area contributed by atoms with Crippen LogP contribution in [0, 0.1) is 6.92 Å². The molecule has 0 spiro atoms. The lowest BCUT2D eigenvalue weighted by Crippen LogP contribution is -2.17. The lowest BCUT2D eigenvalue weighted by atomic mass is 10.1. The maximum Gasteiger partial charge on any atom is 0.132 e. The zero-order valence-corrected chi connectivity index (χ0v) is 13.3. The highest BCUT2D eigenvalue weighted by molar-refractivity contribution is 5.78. The molecule has 0 saturated heterocycles. The maximum atomic E-state index is 5.46. The Hall–Kier alpha value is -2.62. The Morgan fingerprint density at radius 3 is 2.82 bits per heavy atom. The summed E-state index contributed by atoms with van der Waals surface area (Å²) >= 11 is 0. The summed E-state index contributed by atoms with van der Waals surface area (Å²) in [5, 5.41) is 0. The fourth-order valence-electron chi connectivity index (χ4n) is 2.28. The lowest BCUT2D eigenvalue weighted by molar-refractivity contribution is 1.08. The molecule has 0 atom stereocenters. The molecule has 0 radical (unpaired) electrons. The Morgan fingerprint density at radius 2 is 2.14 bits per heavy atom. The zero-order valence-electron chi connectivity index (χ0n) is 13.3. The molecule has 0 aromatic carbocycles. The largest absolute Gasteiger partial charge is 0.405 e. The topological polar surface area (TPSA) is 55.0 Å². The van der Waals surface area contributed by atoms with E-state index in [0.717, 1.165) is 34.9 Å². The predicted molar refractivity (Wildman–Crippen MR) is 93.1 cm³/mol. The number of hydrogen-bond donors (Lipinski definition) is 1. The molecule has 0 aliphatic heterocycles. The number of allylic oxidation sites excluding steroid dienone is 1. The van der Waals surface area contributed by atoms with Gasteiger partial charge in [-0.25, -0.2) is 4.98 Å². The SMILES string of the molecule is CC/C=C(/c1ccnc(C=CN)c1)N(C)c1cccc(C)n1. The molecule has 0 fully saturated rings. The molecule has 0 aliphatic rings. The van der Waals surface area contributed by atoms with Crippen LogP contribution in [0.2, 0.25) is 0 Å². The molecule has 0 bridgehead atoms. The van der Waals surface area contributed by atoms with Gasteiger partial charge in [-0.15, -0.1) is 0 Å². The molecule has 2 rings (SSSR count). The van der Waals surface area contributed by atoms with E-state index in [1.54, 1.807) is 12.3 Å². The first-order chi connectivity index (χ1) is 10.7. The lowest BCUT2D eigenvalue weighted by Gasteiger charge is -2.22. The summed E-state index contributed by atoms with van der Waals surface area (Å²) in [4.78, 5) is 11.0. The Morgan fingerprint density at radius 1 is 1.32 bits per heavy atom. The van der Waals surface area contributed by atoms with E-state index in [-0.39, 0.29) is 0 Å². The van der Waals surface area contributed by atoms with Crippen LogP contribution in [-0.2, 0) is 0 Å². The second-order valence-electron chi connectivity index (χ2n) is 5.02. The number of pyridine rings is 2. The van der Waals surface area contributed by atoms with Crippen LogP contribution in [0.3, 0.4) is 0 Å². The third-order valence-electron chi connectivity index (χ3n) is 3.32. The summed E-state index contributed by atoms with van der Waals surface area (Å²) in [6, 6.07) is 10.1. The van der Waals surface area contributed by atoms with E-state index < -0.39 is 0 Å². The van der Waals surface area contributed by atoms with Gasteiger partial charge in [-0.1, -0.05) is 19.1 Å². The number of anilines is 1. The van der Waals surface area contributed by atoms with E-state index in [1.807, 2.05) is 44.3 Å². The van der Waals surface area contributed by atoms with Crippen LogP contribution in [-0.4, -0.2) is 17.0 Å². The minimum absolute atomic E-state index is 0.840. The summed E-state index contributed by atoms with van der Waals surface area (Å²) < 4.78 is 0. The standard InChI is InChI=1S/C18H22N4/c1-4-6-17(15-10-12-20-16(13-15)9-11-19)22(3)18-8-5-7-14(2)21-18/h5-13H,4,19H2,1-3H3/b11-9?,17-6-. The first-order valence-electron chi connectivity index (χ1n) is 7.38. The van der Waals surface area contributed by atoms with Crippen LogP contribution >= 0.6 is 0 Å². The average molecular weight is 294 g/mol. The van der Waals surface area contributed by atoms with Crippen LogP contribution in [0.25, 0.3) is 11.8 Å². The molecule has 0 amide bonds. The van der Waals surface area contributed by atoms with Crippen molar-refractivity contribution >= 4 is 17.6 Å². The van der Waals surface area contributed by atoms with Gasteiger partial charge in [0.15, 0.2) is 0 Å². The molecule has 22 heavy (non-hydrogen) atoms. The van der Waals surface area contributed by atoms with Gasteiger partial charge in [0, 0.05) is 30.2 Å². The summed E-state index contributed by atoms with van der Waals surface area (Å²) in [6.45, 7) is 4.12. The second-order valence-corrected chi connectivity index (χ2v) is 5.02. The predicted octanol–water partition coefficient (Wildman–Crippen LogP) is 3.60.